The number of aryl methyl sites for hydroxylation is 1. The summed E-state index contributed by atoms with van der Waals surface area (Å²) in [6.07, 6.45) is 2.40. The number of nitrogens with one attached hydrogen (secondary N) is 1. The molecule has 1 atom stereocenters. The van der Waals surface area contributed by atoms with E-state index >= 15 is 0 Å². The lowest BCUT2D eigenvalue weighted by Crippen LogP contribution is -2.20. The maximum atomic E-state index is 3.83. The van der Waals surface area contributed by atoms with Crippen LogP contribution >= 0.6 is 15.9 Å². The molecule has 0 bridgehead atoms. The van der Waals surface area contributed by atoms with Crippen LogP contribution in [0.4, 0.5) is 0 Å². The number of hydrogen-bond acceptors (Lipinski definition) is 1. The van der Waals surface area contributed by atoms with Gasteiger partial charge in [0.2, 0.25) is 0 Å². The second kappa shape index (κ2) is 4.28. The first-order valence-corrected chi connectivity index (χ1v) is 5.71. The molecule has 2 rings (SSSR count). The third-order valence-electron chi connectivity index (χ3n) is 2.67. The molecule has 1 aromatic carbocycles. The standard InChI is InChI=1S/C12H14BrN/c1-9(13)8-14-12-7-6-10-4-2-3-5-11(10)12/h2-5,12,14H,1,6-8H2/t12-/m1/s1. The zero-order chi connectivity index (χ0) is 9.97. The largest absolute Gasteiger partial charge is 0.305 e. The minimum atomic E-state index is 0.514. The van der Waals surface area contributed by atoms with Gasteiger partial charge < -0.3 is 5.32 Å². The average molecular weight is 252 g/mol. The van der Waals surface area contributed by atoms with Gasteiger partial charge in [0.15, 0.2) is 0 Å². The van der Waals surface area contributed by atoms with Crippen molar-refractivity contribution in [2.24, 2.45) is 0 Å². The topological polar surface area (TPSA) is 12.0 Å². The van der Waals surface area contributed by atoms with E-state index < -0.39 is 0 Å². The summed E-state index contributed by atoms with van der Waals surface area (Å²) < 4.78 is 1.02. The van der Waals surface area contributed by atoms with Gasteiger partial charge in [-0.1, -0.05) is 46.8 Å². The maximum Gasteiger partial charge on any atom is 0.0329 e. The quantitative estimate of drug-likeness (QED) is 0.871. The van der Waals surface area contributed by atoms with E-state index in [0.717, 1.165) is 11.0 Å². The van der Waals surface area contributed by atoms with Crippen LogP contribution in [0.2, 0.25) is 0 Å². The van der Waals surface area contributed by atoms with Crippen LogP contribution in [0.5, 0.6) is 0 Å². The van der Waals surface area contributed by atoms with Crippen molar-refractivity contribution in [2.75, 3.05) is 6.54 Å². The molecule has 0 heterocycles. The van der Waals surface area contributed by atoms with Crippen LogP contribution in [-0.4, -0.2) is 6.54 Å². The van der Waals surface area contributed by atoms with Gasteiger partial charge in [-0.15, -0.1) is 0 Å². The van der Waals surface area contributed by atoms with Crippen LogP contribution in [0.3, 0.4) is 0 Å². The molecular formula is C12H14BrN. The second-order valence-electron chi connectivity index (χ2n) is 3.69. The molecule has 1 N–H and O–H groups in total. The fourth-order valence-corrected chi connectivity index (χ4v) is 2.16. The molecule has 0 amide bonds. The summed E-state index contributed by atoms with van der Waals surface area (Å²) >= 11 is 3.36. The van der Waals surface area contributed by atoms with Gasteiger partial charge in [0.25, 0.3) is 0 Å². The van der Waals surface area contributed by atoms with Crippen molar-refractivity contribution in [2.45, 2.75) is 18.9 Å². The van der Waals surface area contributed by atoms with Gasteiger partial charge >= 0.3 is 0 Å². The molecule has 0 radical (unpaired) electrons. The van der Waals surface area contributed by atoms with Crippen LogP contribution < -0.4 is 5.32 Å². The molecule has 1 aromatic rings. The number of hydrogen-bond donors (Lipinski definition) is 1. The molecule has 0 aliphatic heterocycles. The molecule has 0 fully saturated rings. The van der Waals surface area contributed by atoms with Gasteiger partial charge in [0, 0.05) is 17.1 Å². The fraction of sp³-hybridized carbons (Fsp3) is 0.333. The lowest BCUT2D eigenvalue weighted by atomic mass is 10.1. The summed E-state index contributed by atoms with van der Waals surface area (Å²) in [5.41, 5.74) is 2.95. The van der Waals surface area contributed by atoms with E-state index in [9.17, 15) is 0 Å². The lowest BCUT2D eigenvalue weighted by molar-refractivity contribution is 0.563. The van der Waals surface area contributed by atoms with Gasteiger partial charge in [-0.3, -0.25) is 0 Å². The average Bonchev–Trinajstić information content (AvgIpc) is 2.58. The zero-order valence-corrected chi connectivity index (χ0v) is 9.68. The molecule has 74 valence electrons. The highest BCUT2D eigenvalue weighted by Gasteiger charge is 2.20. The van der Waals surface area contributed by atoms with Crippen molar-refractivity contribution >= 4 is 15.9 Å². The Kier molecular flexibility index (Phi) is 3.04. The van der Waals surface area contributed by atoms with Crippen molar-refractivity contribution in [1.82, 2.24) is 5.32 Å². The van der Waals surface area contributed by atoms with Gasteiger partial charge in [0.05, 0.1) is 0 Å². The smallest absolute Gasteiger partial charge is 0.0329 e. The van der Waals surface area contributed by atoms with Crippen LogP contribution in [0.15, 0.2) is 35.3 Å². The van der Waals surface area contributed by atoms with Crippen molar-refractivity contribution in [1.29, 1.82) is 0 Å². The monoisotopic (exact) mass is 251 g/mol. The summed E-state index contributed by atoms with van der Waals surface area (Å²) in [6.45, 7) is 4.67. The number of rotatable bonds is 3. The highest BCUT2D eigenvalue weighted by Crippen LogP contribution is 2.30. The molecular weight excluding hydrogens is 238 g/mol. The molecule has 2 heteroatoms. The van der Waals surface area contributed by atoms with Crippen LogP contribution in [-0.2, 0) is 6.42 Å². The SMILES string of the molecule is C=C(Br)CN[C@@H]1CCc2ccccc21. The fourth-order valence-electron chi connectivity index (χ4n) is 2.00. The summed E-state index contributed by atoms with van der Waals surface area (Å²) in [6, 6.07) is 9.18. The zero-order valence-electron chi connectivity index (χ0n) is 8.09. The first-order valence-electron chi connectivity index (χ1n) is 4.92. The highest BCUT2D eigenvalue weighted by atomic mass is 79.9. The van der Waals surface area contributed by atoms with E-state index in [1.165, 1.54) is 24.0 Å². The van der Waals surface area contributed by atoms with E-state index in [1.54, 1.807) is 0 Å². The summed E-state index contributed by atoms with van der Waals surface area (Å²) in [5.74, 6) is 0. The molecule has 1 nitrogen and oxygen atoms in total. The third kappa shape index (κ3) is 2.07. The third-order valence-corrected chi connectivity index (χ3v) is 2.95. The van der Waals surface area contributed by atoms with Crippen LogP contribution in [0.25, 0.3) is 0 Å². The predicted molar refractivity (Wildman–Crippen MR) is 63.6 cm³/mol. The molecule has 0 aromatic heterocycles. The second-order valence-corrected chi connectivity index (χ2v) is 4.81. The minimum Gasteiger partial charge on any atom is -0.305 e. The van der Waals surface area contributed by atoms with Crippen LogP contribution in [0, 0.1) is 0 Å². The van der Waals surface area contributed by atoms with Crippen molar-refractivity contribution in [3.63, 3.8) is 0 Å². The van der Waals surface area contributed by atoms with E-state index in [-0.39, 0.29) is 0 Å². The van der Waals surface area contributed by atoms with Crippen molar-refractivity contribution < 1.29 is 0 Å². The Morgan fingerprint density at radius 2 is 2.29 bits per heavy atom. The summed E-state index contributed by atoms with van der Waals surface area (Å²) in [7, 11) is 0. The van der Waals surface area contributed by atoms with Gasteiger partial charge in [-0.25, -0.2) is 0 Å². The molecule has 1 aliphatic carbocycles. The van der Waals surface area contributed by atoms with Gasteiger partial charge in [0.1, 0.15) is 0 Å². The van der Waals surface area contributed by atoms with E-state index in [0.29, 0.717) is 6.04 Å². The number of halogens is 1. The van der Waals surface area contributed by atoms with Crippen molar-refractivity contribution in [3.8, 4) is 0 Å². The van der Waals surface area contributed by atoms with Crippen molar-refractivity contribution in [3.05, 3.63) is 46.5 Å². The highest BCUT2D eigenvalue weighted by molar-refractivity contribution is 9.11. The molecule has 0 spiro atoms. The normalized spacial score (nSPS) is 19.4. The maximum absolute atomic E-state index is 3.83. The van der Waals surface area contributed by atoms with Gasteiger partial charge in [-0.2, -0.15) is 0 Å². The summed E-state index contributed by atoms with van der Waals surface area (Å²) in [4.78, 5) is 0. The van der Waals surface area contributed by atoms with Gasteiger partial charge in [-0.05, 0) is 24.0 Å². The minimum absolute atomic E-state index is 0.514. The molecule has 0 saturated heterocycles. The first-order chi connectivity index (χ1) is 6.77. The molecule has 0 saturated carbocycles. The molecule has 14 heavy (non-hydrogen) atoms. The predicted octanol–water partition coefficient (Wildman–Crippen LogP) is 3.17. The Morgan fingerprint density at radius 3 is 3.07 bits per heavy atom. The van der Waals surface area contributed by atoms with Crippen LogP contribution in [0.1, 0.15) is 23.6 Å². The number of fused-ring (bicyclic) bond motifs is 1. The lowest BCUT2D eigenvalue weighted by Gasteiger charge is -2.13. The Bertz CT molecular complexity index is 346. The Hall–Kier alpha value is -0.600. The van der Waals surface area contributed by atoms with E-state index in [2.05, 4.69) is 52.1 Å². The summed E-state index contributed by atoms with van der Waals surface area (Å²) in [5, 5.41) is 3.49. The molecule has 1 aliphatic rings. The molecule has 0 unspecified atom stereocenters. The number of benzene rings is 1. The first kappa shape index (κ1) is 9.94. The Morgan fingerprint density at radius 1 is 1.50 bits per heavy atom. The Balaban J connectivity index is 2.07. The Labute approximate surface area is 93.3 Å². The van der Waals surface area contributed by atoms with E-state index in [4.69, 9.17) is 0 Å². The van der Waals surface area contributed by atoms with E-state index in [1.807, 2.05) is 0 Å².